The van der Waals surface area contributed by atoms with Gasteiger partial charge in [-0.25, -0.2) is 4.98 Å². The summed E-state index contributed by atoms with van der Waals surface area (Å²) in [6.45, 7) is 3.50. The van der Waals surface area contributed by atoms with Crippen molar-refractivity contribution in [1.82, 2.24) is 4.98 Å². The average molecular weight is 348 g/mol. The molecule has 3 rings (SSSR count). The van der Waals surface area contributed by atoms with Crippen LogP contribution in [0.2, 0.25) is 0 Å². The van der Waals surface area contributed by atoms with Gasteiger partial charge in [0.05, 0.1) is 4.92 Å². The number of aromatic nitrogens is 1. The van der Waals surface area contributed by atoms with Crippen LogP contribution in [0.3, 0.4) is 0 Å². The predicted molar refractivity (Wildman–Crippen MR) is 84.5 cm³/mol. The number of halogens is 1. The maximum absolute atomic E-state index is 10.8. The van der Waals surface area contributed by atoms with Gasteiger partial charge in [0, 0.05) is 23.6 Å². The van der Waals surface area contributed by atoms with Gasteiger partial charge < -0.3 is 4.90 Å². The van der Waals surface area contributed by atoms with Crippen molar-refractivity contribution in [2.45, 2.75) is 19.9 Å². The first-order valence-corrected chi connectivity index (χ1v) is 7.48. The van der Waals surface area contributed by atoms with E-state index in [-0.39, 0.29) is 5.69 Å². The van der Waals surface area contributed by atoms with Crippen molar-refractivity contribution in [3.8, 4) is 0 Å². The van der Waals surface area contributed by atoms with Gasteiger partial charge in [-0.1, -0.05) is 28.1 Å². The summed E-state index contributed by atoms with van der Waals surface area (Å²) in [5.41, 5.74) is 3.48. The highest BCUT2D eigenvalue weighted by Gasteiger charge is 2.21. The third kappa shape index (κ3) is 2.63. The summed E-state index contributed by atoms with van der Waals surface area (Å²) in [6.07, 6.45) is 2.28. The molecule has 0 atom stereocenters. The van der Waals surface area contributed by atoms with Crippen LogP contribution in [0.5, 0.6) is 0 Å². The fraction of sp³-hybridized carbons (Fsp3) is 0.267. The summed E-state index contributed by atoms with van der Waals surface area (Å²) in [7, 11) is 0. The molecule has 0 bridgehead atoms. The first-order valence-electron chi connectivity index (χ1n) is 6.68. The number of benzene rings is 1. The maximum atomic E-state index is 10.8. The van der Waals surface area contributed by atoms with E-state index in [0.29, 0.717) is 0 Å². The smallest absolute Gasteiger partial charge is 0.287 e. The van der Waals surface area contributed by atoms with E-state index in [4.69, 9.17) is 0 Å². The molecule has 108 valence electrons. The fourth-order valence-corrected chi connectivity index (χ4v) is 3.24. The first kappa shape index (κ1) is 14.0. The highest BCUT2D eigenvalue weighted by Crippen LogP contribution is 2.30. The van der Waals surface area contributed by atoms with E-state index in [1.165, 1.54) is 17.3 Å². The highest BCUT2D eigenvalue weighted by molar-refractivity contribution is 9.10. The molecule has 1 aromatic heterocycles. The molecule has 0 amide bonds. The van der Waals surface area contributed by atoms with Crippen LogP contribution < -0.4 is 4.90 Å². The molecule has 0 saturated carbocycles. The molecule has 0 saturated heterocycles. The van der Waals surface area contributed by atoms with Gasteiger partial charge in [-0.05, 0) is 36.1 Å². The van der Waals surface area contributed by atoms with Crippen LogP contribution in [0, 0.1) is 17.0 Å². The van der Waals surface area contributed by atoms with Crippen molar-refractivity contribution < 1.29 is 4.92 Å². The molecule has 6 heteroatoms. The second-order valence-corrected chi connectivity index (χ2v) is 5.99. The van der Waals surface area contributed by atoms with E-state index >= 15 is 0 Å². The van der Waals surface area contributed by atoms with Crippen molar-refractivity contribution in [1.29, 1.82) is 0 Å². The molecule has 0 radical (unpaired) electrons. The Kier molecular flexibility index (Phi) is 3.63. The molecule has 1 aliphatic heterocycles. The molecule has 0 aliphatic carbocycles. The van der Waals surface area contributed by atoms with Crippen molar-refractivity contribution >= 4 is 27.4 Å². The van der Waals surface area contributed by atoms with Crippen LogP contribution in [0.15, 0.2) is 34.9 Å². The second kappa shape index (κ2) is 5.44. The zero-order valence-corrected chi connectivity index (χ0v) is 13.1. The lowest BCUT2D eigenvalue weighted by Crippen LogP contribution is -2.31. The summed E-state index contributed by atoms with van der Waals surface area (Å²) in [5, 5.41) is 10.8. The van der Waals surface area contributed by atoms with E-state index in [2.05, 4.69) is 31.9 Å². The maximum Gasteiger partial charge on any atom is 0.287 e. The van der Waals surface area contributed by atoms with Gasteiger partial charge in [-0.15, -0.1) is 0 Å². The Morgan fingerprint density at radius 3 is 2.95 bits per heavy atom. The van der Waals surface area contributed by atoms with Crippen LogP contribution in [0.4, 0.5) is 11.5 Å². The van der Waals surface area contributed by atoms with Crippen molar-refractivity contribution in [3.05, 3.63) is 61.7 Å². The number of anilines is 1. The van der Waals surface area contributed by atoms with Gasteiger partial charge in [0.2, 0.25) is 0 Å². The highest BCUT2D eigenvalue weighted by atomic mass is 79.9. The molecular weight excluding hydrogens is 334 g/mol. The number of nitro groups is 1. The lowest BCUT2D eigenvalue weighted by atomic mass is 9.99. The Hall–Kier alpha value is -1.95. The summed E-state index contributed by atoms with van der Waals surface area (Å²) >= 11 is 3.59. The van der Waals surface area contributed by atoms with Crippen molar-refractivity contribution in [2.24, 2.45) is 0 Å². The van der Waals surface area contributed by atoms with Gasteiger partial charge in [0.25, 0.3) is 5.69 Å². The lowest BCUT2D eigenvalue weighted by Gasteiger charge is -2.31. The van der Waals surface area contributed by atoms with E-state index in [0.717, 1.165) is 35.4 Å². The Morgan fingerprint density at radius 2 is 2.24 bits per heavy atom. The number of hydrogen-bond donors (Lipinski definition) is 0. The number of nitrogens with zero attached hydrogens (tertiary/aromatic N) is 3. The Bertz CT molecular complexity index is 718. The van der Waals surface area contributed by atoms with Crippen molar-refractivity contribution in [2.75, 3.05) is 11.4 Å². The van der Waals surface area contributed by atoms with Gasteiger partial charge in [0.15, 0.2) is 0 Å². The number of rotatable bonds is 2. The quantitative estimate of drug-likeness (QED) is 0.614. The second-order valence-electron chi connectivity index (χ2n) is 5.14. The SMILES string of the molecule is Cc1cc([N+](=O)[O-])cnc1N1CCc2cccc(Br)c2C1. The zero-order valence-electron chi connectivity index (χ0n) is 11.5. The van der Waals surface area contributed by atoms with Gasteiger partial charge in [-0.3, -0.25) is 10.1 Å². The number of pyridine rings is 1. The third-order valence-corrected chi connectivity index (χ3v) is 4.51. The van der Waals surface area contributed by atoms with E-state index < -0.39 is 4.92 Å². The Labute approximate surface area is 130 Å². The molecular formula is C15H14BrN3O2. The molecule has 2 heterocycles. The molecule has 0 fully saturated rings. The minimum atomic E-state index is -0.411. The molecule has 2 aromatic rings. The average Bonchev–Trinajstić information content (AvgIpc) is 2.47. The normalized spacial score (nSPS) is 13.9. The van der Waals surface area contributed by atoms with Crippen LogP contribution in [0.1, 0.15) is 16.7 Å². The topological polar surface area (TPSA) is 59.3 Å². The molecule has 0 unspecified atom stereocenters. The monoisotopic (exact) mass is 347 g/mol. The standard InChI is InChI=1S/C15H14BrN3O2/c1-10-7-12(19(20)21)8-17-15(10)18-6-5-11-3-2-4-14(16)13(11)9-18/h2-4,7-8H,5-6,9H2,1H3. The van der Waals surface area contributed by atoms with Crippen molar-refractivity contribution in [3.63, 3.8) is 0 Å². The van der Waals surface area contributed by atoms with Crippen LogP contribution >= 0.6 is 15.9 Å². The van der Waals surface area contributed by atoms with Crippen LogP contribution in [-0.2, 0) is 13.0 Å². The van der Waals surface area contributed by atoms with Gasteiger partial charge in [-0.2, -0.15) is 0 Å². The largest absolute Gasteiger partial charge is 0.352 e. The molecule has 21 heavy (non-hydrogen) atoms. The molecule has 1 aromatic carbocycles. The minimum Gasteiger partial charge on any atom is -0.352 e. The van der Waals surface area contributed by atoms with E-state index in [1.54, 1.807) is 6.07 Å². The lowest BCUT2D eigenvalue weighted by molar-refractivity contribution is -0.385. The minimum absolute atomic E-state index is 0.0369. The van der Waals surface area contributed by atoms with Crippen LogP contribution in [-0.4, -0.2) is 16.5 Å². The predicted octanol–water partition coefficient (Wildman–Crippen LogP) is 3.62. The Balaban J connectivity index is 1.93. The zero-order chi connectivity index (χ0) is 15.0. The van der Waals surface area contributed by atoms with Crippen LogP contribution in [0.25, 0.3) is 0 Å². The Morgan fingerprint density at radius 1 is 1.43 bits per heavy atom. The van der Waals surface area contributed by atoms with E-state index in [9.17, 15) is 10.1 Å². The van der Waals surface area contributed by atoms with E-state index in [1.807, 2.05) is 19.1 Å². The molecule has 5 nitrogen and oxygen atoms in total. The number of fused-ring (bicyclic) bond motifs is 1. The molecule has 0 spiro atoms. The number of hydrogen-bond acceptors (Lipinski definition) is 4. The van der Waals surface area contributed by atoms with Gasteiger partial charge >= 0.3 is 0 Å². The third-order valence-electron chi connectivity index (χ3n) is 3.76. The summed E-state index contributed by atoms with van der Waals surface area (Å²) in [5.74, 6) is 0.821. The number of aryl methyl sites for hydroxylation is 1. The summed E-state index contributed by atoms with van der Waals surface area (Å²) in [4.78, 5) is 16.9. The van der Waals surface area contributed by atoms with Gasteiger partial charge in [0.1, 0.15) is 12.0 Å². The summed E-state index contributed by atoms with van der Waals surface area (Å²) in [6, 6.07) is 7.82. The molecule has 0 N–H and O–H groups in total. The first-order chi connectivity index (χ1) is 10.1. The molecule has 1 aliphatic rings. The fourth-order valence-electron chi connectivity index (χ4n) is 2.70. The summed E-state index contributed by atoms with van der Waals surface area (Å²) < 4.78 is 1.10.